The van der Waals surface area contributed by atoms with E-state index in [-0.39, 0.29) is 11.4 Å². The first-order chi connectivity index (χ1) is 10.1. The van der Waals surface area contributed by atoms with E-state index in [4.69, 9.17) is 21.1 Å². The van der Waals surface area contributed by atoms with Crippen LogP contribution in [-0.4, -0.2) is 13.7 Å². The quantitative estimate of drug-likeness (QED) is 0.725. The van der Waals surface area contributed by atoms with Crippen LogP contribution in [0.3, 0.4) is 0 Å². The first kappa shape index (κ1) is 15.6. The summed E-state index contributed by atoms with van der Waals surface area (Å²) >= 11 is 5.79. The number of alkyl halides is 3. The van der Waals surface area contributed by atoms with Crippen LogP contribution in [0.5, 0.6) is 11.5 Å². The average molecular weight is 313 g/mol. The second-order valence-corrected chi connectivity index (χ2v) is 4.73. The summed E-state index contributed by atoms with van der Waals surface area (Å²) in [6.07, 6.45) is 0. The number of benzene rings is 2. The number of rotatable bonds is 6. The monoisotopic (exact) mass is 312 g/mol. The van der Waals surface area contributed by atoms with Gasteiger partial charge in [-0.1, -0.05) is 36.4 Å². The van der Waals surface area contributed by atoms with Crippen LogP contribution in [0.15, 0.2) is 48.5 Å². The molecule has 2 nitrogen and oxygen atoms in total. The Labute approximate surface area is 127 Å². The lowest BCUT2D eigenvalue weighted by atomic mass is 10.1. The molecule has 0 atom stereocenters. The smallest absolute Gasteiger partial charge is 0.306 e. The number of halogens is 3. The van der Waals surface area contributed by atoms with Gasteiger partial charge >= 0.3 is 5.92 Å². The van der Waals surface area contributed by atoms with Gasteiger partial charge in [0.15, 0.2) is 6.61 Å². The Hall–Kier alpha value is -1.81. The Bertz CT molecular complexity index is 588. The highest BCUT2D eigenvalue weighted by Crippen LogP contribution is 2.31. The maximum absolute atomic E-state index is 14.1. The van der Waals surface area contributed by atoms with Crippen LogP contribution in [0, 0.1) is 0 Å². The Balaban J connectivity index is 2.15. The van der Waals surface area contributed by atoms with Crippen molar-refractivity contribution in [3.8, 4) is 11.5 Å². The predicted octanol–water partition coefficient (Wildman–Crippen LogP) is 4.60. The van der Waals surface area contributed by atoms with E-state index >= 15 is 0 Å². The highest BCUT2D eigenvalue weighted by Gasteiger charge is 2.32. The fourth-order valence-corrected chi connectivity index (χ4v) is 2.06. The molecule has 0 saturated heterocycles. The summed E-state index contributed by atoms with van der Waals surface area (Å²) in [4.78, 5) is 0. The molecule has 2 aromatic rings. The highest BCUT2D eigenvalue weighted by molar-refractivity contribution is 6.17. The van der Waals surface area contributed by atoms with Crippen LogP contribution in [-0.2, 0) is 11.8 Å². The van der Waals surface area contributed by atoms with Crippen molar-refractivity contribution in [2.45, 2.75) is 11.8 Å². The fraction of sp³-hybridized carbons (Fsp3) is 0.250. The zero-order valence-electron chi connectivity index (χ0n) is 11.5. The third kappa shape index (κ3) is 3.85. The molecule has 0 saturated carbocycles. The van der Waals surface area contributed by atoms with Gasteiger partial charge in [-0.15, -0.1) is 11.6 Å². The van der Waals surface area contributed by atoms with Gasteiger partial charge in [0.05, 0.1) is 13.0 Å². The predicted molar refractivity (Wildman–Crippen MR) is 78.4 cm³/mol. The molecule has 0 unspecified atom stereocenters. The van der Waals surface area contributed by atoms with E-state index in [0.29, 0.717) is 17.1 Å². The number of methoxy groups -OCH3 is 1. The highest BCUT2D eigenvalue weighted by atomic mass is 35.5. The van der Waals surface area contributed by atoms with Gasteiger partial charge in [-0.05, 0) is 6.07 Å². The van der Waals surface area contributed by atoms with E-state index in [2.05, 4.69) is 0 Å². The first-order valence-corrected chi connectivity index (χ1v) is 6.89. The molecule has 0 N–H and O–H groups in total. The van der Waals surface area contributed by atoms with Gasteiger partial charge in [0.2, 0.25) is 0 Å². The Morgan fingerprint density at radius 2 is 1.81 bits per heavy atom. The third-order valence-electron chi connectivity index (χ3n) is 3.02. The van der Waals surface area contributed by atoms with Crippen molar-refractivity contribution in [3.63, 3.8) is 0 Å². The van der Waals surface area contributed by atoms with Crippen LogP contribution in [0.1, 0.15) is 11.1 Å². The van der Waals surface area contributed by atoms with Crippen molar-refractivity contribution < 1.29 is 18.3 Å². The summed E-state index contributed by atoms with van der Waals surface area (Å²) in [7, 11) is 1.50. The van der Waals surface area contributed by atoms with Gasteiger partial charge in [-0.2, -0.15) is 8.78 Å². The molecule has 5 heteroatoms. The van der Waals surface area contributed by atoms with Crippen molar-refractivity contribution in [2.75, 3.05) is 13.7 Å². The molecular formula is C16H15ClF2O2. The van der Waals surface area contributed by atoms with Crippen molar-refractivity contribution in [3.05, 3.63) is 59.7 Å². The Morgan fingerprint density at radius 1 is 1.10 bits per heavy atom. The van der Waals surface area contributed by atoms with Crippen LogP contribution in [0.4, 0.5) is 8.78 Å². The maximum atomic E-state index is 14.1. The molecule has 0 bridgehead atoms. The summed E-state index contributed by atoms with van der Waals surface area (Å²) in [5.41, 5.74) is 0.557. The fourth-order valence-electron chi connectivity index (χ4n) is 1.84. The minimum atomic E-state index is -3.08. The Kier molecular flexibility index (Phi) is 5.02. The first-order valence-electron chi connectivity index (χ1n) is 6.36. The van der Waals surface area contributed by atoms with Crippen molar-refractivity contribution in [1.29, 1.82) is 0 Å². The molecule has 0 radical (unpaired) electrons. The van der Waals surface area contributed by atoms with Crippen LogP contribution in [0.2, 0.25) is 0 Å². The van der Waals surface area contributed by atoms with Crippen LogP contribution in [0.25, 0.3) is 0 Å². The molecule has 21 heavy (non-hydrogen) atoms. The lowest BCUT2D eigenvalue weighted by Crippen LogP contribution is -2.23. The molecule has 0 aliphatic rings. The van der Waals surface area contributed by atoms with Crippen molar-refractivity contribution >= 4 is 11.6 Å². The summed E-state index contributed by atoms with van der Waals surface area (Å²) in [6, 6.07) is 12.5. The van der Waals surface area contributed by atoms with Gasteiger partial charge < -0.3 is 9.47 Å². The average Bonchev–Trinajstić information content (AvgIpc) is 2.53. The molecule has 0 aliphatic heterocycles. The summed E-state index contributed by atoms with van der Waals surface area (Å²) < 4.78 is 38.5. The normalized spacial score (nSPS) is 11.2. The molecule has 112 valence electrons. The zero-order chi connectivity index (χ0) is 15.3. The van der Waals surface area contributed by atoms with Crippen molar-refractivity contribution in [2.24, 2.45) is 0 Å². The molecule has 0 heterocycles. The molecular weight excluding hydrogens is 298 g/mol. The molecule has 0 aromatic heterocycles. The third-order valence-corrected chi connectivity index (χ3v) is 3.31. The molecule has 0 spiro atoms. The Morgan fingerprint density at radius 3 is 2.43 bits per heavy atom. The number of ether oxygens (including phenoxy) is 2. The lowest BCUT2D eigenvalue weighted by molar-refractivity contribution is -0.0469. The molecule has 0 fully saturated rings. The molecule has 2 rings (SSSR count). The maximum Gasteiger partial charge on any atom is 0.306 e. The van der Waals surface area contributed by atoms with Gasteiger partial charge in [0.25, 0.3) is 0 Å². The van der Waals surface area contributed by atoms with E-state index in [1.807, 2.05) is 0 Å². The van der Waals surface area contributed by atoms with Gasteiger partial charge in [0, 0.05) is 17.2 Å². The standard InChI is InChI=1S/C16H15ClF2O2/c1-20-14-8-7-12(10-17)15(9-14)21-11-16(18,19)13-5-3-2-4-6-13/h2-9H,10-11H2,1H3. The van der Waals surface area contributed by atoms with Crippen LogP contribution < -0.4 is 9.47 Å². The number of hydrogen-bond acceptors (Lipinski definition) is 2. The second kappa shape index (κ2) is 6.76. The van der Waals surface area contributed by atoms with Crippen LogP contribution >= 0.6 is 11.6 Å². The van der Waals surface area contributed by atoms with E-state index in [9.17, 15) is 8.78 Å². The van der Waals surface area contributed by atoms with E-state index in [0.717, 1.165) is 0 Å². The van der Waals surface area contributed by atoms with E-state index in [1.165, 1.54) is 19.2 Å². The van der Waals surface area contributed by atoms with E-state index in [1.54, 1.807) is 36.4 Å². The van der Waals surface area contributed by atoms with Crippen molar-refractivity contribution in [1.82, 2.24) is 0 Å². The lowest BCUT2D eigenvalue weighted by Gasteiger charge is -2.19. The topological polar surface area (TPSA) is 18.5 Å². The van der Waals surface area contributed by atoms with Gasteiger partial charge in [0.1, 0.15) is 11.5 Å². The molecule has 0 aliphatic carbocycles. The summed E-state index contributed by atoms with van der Waals surface area (Å²) in [6.45, 7) is -0.756. The van der Waals surface area contributed by atoms with E-state index < -0.39 is 12.5 Å². The summed E-state index contributed by atoms with van der Waals surface area (Å²) in [5.74, 6) is -2.06. The minimum Gasteiger partial charge on any atom is -0.497 e. The number of hydrogen-bond donors (Lipinski definition) is 0. The van der Waals surface area contributed by atoms with Gasteiger partial charge in [-0.3, -0.25) is 0 Å². The zero-order valence-corrected chi connectivity index (χ0v) is 12.2. The minimum absolute atomic E-state index is 0.0830. The molecule has 0 amide bonds. The molecule has 2 aromatic carbocycles. The second-order valence-electron chi connectivity index (χ2n) is 4.47. The SMILES string of the molecule is COc1ccc(CCl)c(OCC(F)(F)c2ccccc2)c1. The van der Waals surface area contributed by atoms with Gasteiger partial charge in [-0.25, -0.2) is 0 Å². The summed E-state index contributed by atoms with van der Waals surface area (Å²) in [5, 5.41) is 0. The largest absolute Gasteiger partial charge is 0.497 e.